The van der Waals surface area contributed by atoms with Crippen molar-refractivity contribution < 1.29 is 9.53 Å². The number of rotatable bonds is 4. The van der Waals surface area contributed by atoms with Crippen LogP contribution in [0.25, 0.3) is 0 Å². The number of amides is 1. The maximum atomic E-state index is 12.0. The molecule has 1 atom stereocenters. The van der Waals surface area contributed by atoms with Crippen LogP contribution in [0.2, 0.25) is 0 Å². The summed E-state index contributed by atoms with van der Waals surface area (Å²) in [6.45, 7) is 5.17. The second-order valence-electron chi connectivity index (χ2n) is 5.82. The first kappa shape index (κ1) is 16.0. The summed E-state index contributed by atoms with van der Waals surface area (Å²) in [4.78, 5) is 17.8. The number of thiophene rings is 1. The number of nitrogens with zero attached hydrogens (tertiary/aromatic N) is 2. The van der Waals surface area contributed by atoms with E-state index in [1.807, 2.05) is 17.0 Å². The molecular formula is C18H22N2O2S. The van der Waals surface area contributed by atoms with Gasteiger partial charge in [-0.15, -0.1) is 11.3 Å². The topological polar surface area (TPSA) is 32.8 Å². The molecule has 0 aliphatic carbocycles. The van der Waals surface area contributed by atoms with E-state index in [9.17, 15) is 4.79 Å². The molecular weight excluding hydrogens is 308 g/mol. The molecule has 2 aromatic rings. The fraction of sp³-hybridized carbons (Fsp3) is 0.389. The third-order valence-electron chi connectivity index (χ3n) is 4.33. The van der Waals surface area contributed by atoms with E-state index in [2.05, 4.69) is 34.5 Å². The Morgan fingerprint density at radius 2 is 2.04 bits per heavy atom. The van der Waals surface area contributed by atoms with E-state index < -0.39 is 0 Å². The summed E-state index contributed by atoms with van der Waals surface area (Å²) in [5.74, 6) is 0.982. The predicted octanol–water partition coefficient (Wildman–Crippen LogP) is 3.16. The summed E-state index contributed by atoms with van der Waals surface area (Å²) in [5.41, 5.74) is 1.16. The molecule has 4 nitrogen and oxygen atoms in total. The van der Waals surface area contributed by atoms with E-state index in [1.54, 1.807) is 25.4 Å². The zero-order chi connectivity index (χ0) is 16.2. The minimum absolute atomic E-state index is 0.104. The first-order chi connectivity index (χ1) is 11.2. The highest BCUT2D eigenvalue weighted by atomic mass is 32.1. The van der Waals surface area contributed by atoms with Crippen LogP contribution in [0.15, 0.2) is 41.8 Å². The molecule has 122 valence electrons. The first-order valence-corrected chi connectivity index (χ1v) is 8.71. The largest absolute Gasteiger partial charge is 0.497 e. The highest BCUT2D eigenvalue weighted by Gasteiger charge is 2.29. The van der Waals surface area contributed by atoms with Gasteiger partial charge in [-0.2, -0.15) is 0 Å². The SMILES string of the molecule is COc1ccc(C2CN(Cc3cccs3)CCN2C(C)=O)cc1. The van der Waals surface area contributed by atoms with Gasteiger partial charge in [-0.1, -0.05) is 18.2 Å². The van der Waals surface area contributed by atoms with Gasteiger partial charge < -0.3 is 9.64 Å². The van der Waals surface area contributed by atoms with Crippen LogP contribution in [-0.2, 0) is 11.3 Å². The average molecular weight is 330 g/mol. The third-order valence-corrected chi connectivity index (χ3v) is 5.19. The van der Waals surface area contributed by atoms with Crippen molar-refractivity contribution in [2.75, 3.05) is 26.7 Å². The van der Waals surface area contributed by atoms with Crippen LogP contribution < -0.4 is 4.74 Å². The smallest absolute Gasteiger partial charge is 0.220 e. The average Bonchev–Trinajstić information content (AvgIpc) is 3.07. The molecule has 0 bridgehead atoms. The van der Waals surface area contributed by atoms with Crippen LogP contribution in [0.5, 0.6) is 5.75 Å². The van der Waals surface area contributed by atoms with Gasteiger partial charge in [0.05, 0.1) is 13.2 Å². The Balaban J connectivity index is 1.78. The van der Waals surface area contributed by atoms with Crippen molar-refractivity contribution in [3.63, 3.8) is 0 Å². The lowest BCUT2D eigenvalue weighted by atomic mass is 10.0. The van der Waals surface area contributed by atoms with Gasteiger partial charge in [0.25, 0.3) is 0 Å². The molecule has 0 N–H and O–H groups in total. The lowest BCUT2D eigenvalue weighted by Crippen LogP contribution is -2.49. The van der Waals surface area contributed by atoms with Crippen LogP contribution in [-0.4, -0.2) is 42.5 Å². The second-order valence-corrected chi connectivity index (χ2v) is 6.85. The van der Waals surface area contributed by atoms with Crippen molar-refractivity contribution in [2.24, 2.45) is 0 Å². The number of ether oxygens (including phenoxy) is 1. The molecule has 1 aromatic heterocycles. The minimum Gasteiger partial charge on any atom is -0.497 e. The normalized spacial score (nSPS) is 18.9. The van der Waals surface area contributed by atoms with Crippen LogP contribution in [0.4, 0.5) is 0 Å². The van der Waals surface area contributed by atoms with Crippen LogP contribution in [0, 0.1) is 0 Å². The molecule has 1 amide bonds. The molecule has 2 heterocycles. The second kappa shape index (κ2) is 7.15. The highest BCUT2D eigenvalue weighted by Crippen LogP contribution is 2.28. The monoisotopic (exact) mass is 330 g/mol. The Hall–Kier alpha value is -1.85. The number of hydrogen-bond acceptors (Lipinski definition) is 4. The molecule has 0 radical (unpaired) electrons. The van der Waals surface area contributed by atoms with E-state index in [4.69, 9.17) is 4.74 Å². The van der Waals surface area contributed by atoms with Gasteiger partial charge in [0.2, 0.25) is 5.91 Å². The summed E-state index contributed by atoms with van der Waals surface area (Å²) in [5, 5.41) is 2.11. The van der Waals surface area contributed by atoms with E-state index in [0.29, 0.717) is 0 Å². The lowest BCUT2D eigenvalue weighted by Gasteiger charge is -2.41. The number of benzene rings is 1. The van der Waals surface area contributed by atoms with Crippen molar-refractivity contribution in [3.05, 3.63) is 52.2 Å². The Morgan fingerprint density at radius 1 is 1.26 bits per heavy atom. The third kappa shape index (κ3) is 3.74. The Kier molecular flexibility index (Phi) is 4.98. The van der Waals surface area contributed by atoms with Gasteiger partial charge in [0.1, 0.15) is 5.75 Å². The molecule has 5 heteroatoms. The Labute approximate surface area is 141 Å². The van der Waals surface area contributed by atoms with Gasteiger partial charge in [0, 0.05) is 38.0 Å². The number of piperazine rings is 1. The maximum Gasteiger partial charge on any atom is 0.220 e. The minimum atomic E-state index is 0.104. The highest BCUT2D eigenvalue weighted by molar-refractivity contribution is 7.09. The summed E-state index contributed by atoms with van der Waals surface area (Å²) in [7, 11) is 1.67. The van der Waals surface area contributed by atoms with Gasteiger partial charge >= 0.3 is 0 Å². The van der Waals surface area contributed by atoms with Crippen molar-refractivity contribution in [1.82, 2.24) is 9.80 Å². The van der Waals surface area contributed by atoms with Crippen molar-refractivity contribution >= 4 is 17.2 Å². The van der Waals surface area contributed by atoms with Crippen molar-refractivity contribution in [2.45, 2.75) is 19.5 Å². The number of carbonyl (C=O) groups is 1. The molecule has 0 spiro atoms. The van der Waals surface area contributed by atoms with Crippen LogP contribution >= 0.6 is 11.3 Å². The van der Waals surface area contributed by atoms with Crippen LogP contribution in [0.1, 0.15) is 23.4 Å². The van der Waals surface area contributed by atoms with Crippen LogP contribution in [0.3, 0.4) is 0 Å². The summed E-state index contributed by atoms with van der Waals surface area (Å²) < 4.78 is 5.23. The molecule has 1 aromatic carbocycles. The number of hydrogen-bond donors (Lipinski definition) is 0. The van der Waals surface area contributed by atoms with E-state index >= 15 is 0 Å². The molecule has 1 fully saturated rings. The van der Waals surface area contributed by atoms with E-state index in [0.717, 1.165) is 37.5 Å². The van der Waals surface area contributed by atoms with Gasteiger partial charge in [-0.25, -0.2) is 0 Å². The molecule has 0 saturated carbocycles. The van der Waals surface area contributed by atoms with Crippen molar-refractivity contribution in [3.8, 4) is 5.75 Å². The fourth-order valence-corrected chi connectivity index (χ4v) is 3.84. The fourth-order valence-electron chi connectivity index (χ4n) is 3.09. The zero-order valence-corrected chi connectivity index (χ0v) is 14.4. The molecule has 1 saturated heterocycles. The standard InChI is InChI=1S/C18H22N2O2S/c1-14(21)20-10-9-19(12-17-4-3-11-23-17)13-18(20)15-5-7-16(22-2)8-6-15/h3-8,11,18H,9-10,12-13H2,1-2H3. The number of carbonyl (C=O) groups excluding carboxylic acids is 1. The summed E-state index contributed by atoms with van der Waals surface area (Å²) >= 11 is 1.79. The first-order valence-electron chi connectivity index (χ1n) is 7.83. The predicted molar refractivity (Wildman–Crippen MR) is 92.7 cm³/mol. The lowest BCUT2D eigenvalue weighted by molar-refractivity contribution is -0.134. The quantitative estimate of drug-likeness (QED) is 0.863. The number of methoxy groups -OCH3 is 1. The molecule has 3 rings (SSSR count). The molecule has 23 heavy (non-hydrogen) atoms. The molecule has 1 aliphatic rings. The van der Waals surface area contributed by atoms with Crippen molar-refractivity contribution in [1.29, 1.82) is 0 Å². The molecule has 1 aliphatic heterocycles. The summed E-state index contributed by atoms with van der Waals surface area (Å²) in [6, 6.07) is 12.4. The maximum absolute atomic E-state index is 12.0. The Bertz CT molecular complexity index is 640. The molecule has 1 unspecified atom stereocenters. The summed E-state index contributed by atoms with van der Waals surface area (Å²) in [6.07, 6.45) is 0. The zero-order valence-electron chi connectivity index (χ0n) is 13.6. The van der Waals surface area contributed by atoms with E-state index in [1.165, 1.54) is 4.88 Å². The Morgan fingerprint density at radius 3 is 2.65 bits per heavy atom. The van der Waals surface area contributed by atoms with Gasteiger partial charge in [-0.05, 0) is 29.1 Å². The van der Waals surface area contributed by atoms with Gasteiger partial charge in [0.15, 0.2) is 0 Å². The van der Waals surface area contributed by atoms with Gasteiger partial charge in [-0.3, -0.25) is 9.69 Å². The van der Waals surface area contributed by atoms with E-state index in [-0.39, 0.29) is 11.9 Å².